The molecule has 2 heterocycles. The highest BCUT2D eigenvalue weighted by Crippen LogP contribution is 2.35. The number of benzene rings is 1. The lowest BCUT2D eigenvalue weighted by Crippen LogP contribution is -2.39. The molecule has 1 aromatic heterocycles. The number of carbonyl (C=O) groups excluding carboxylic acids is 1. The van der Waals surface area contributed by atoms with Crippen LogP contribution in [0.4, 0.5) is 0 Å². The summed E-state index contributed by atoms with van der Waals surface area (Å²) < 4.78 is 8.88. The van der Waals surface area contributed by atoms with Crippen molar-refractivity contribution in [3.63, 3.8) is 0 Å². The lowest BCUT2D eigenvalue weighted by molar-refractivity contribution is -0.131. The fourth-order valence-corrected chi connectivity index (χ4v) is 4.04. The Morgan fingerprint density at radius 2 is 2.04 bits per heavy atom. The summed E-state index contributed by atoms with van der Waals surface area (Å²) in [6.45, 7) is 2.95. The fraction of sp³-hybridized carbons (Fsp3) is 0.579. The van der Waals surface area contributed by atoms with Gasteiger partial charge in [0, 0.05) is 19.6 Å². The molecule has 1 saturated heterocycles. The zero-order valence-corrected chi connectivity index (χ0v) is 16.7. The van der Waals surface area contributed by atoms with Crippen LogP contribution in [0.25, 0.3) is 11.0 Å². The predicted octanol–water partition coefficient (Wildman–Crippen LogP) is 3.13. The lowest BCUT2D eigenvalue weighted by atomic mass is 9.97. The zero-order valence-electron chi connectivity index (χ0n) is 15.1. The third kappa shape index (κ3) is 4.08. The van der Waals surface area contributed by atoms with E-state index in [1.165, 1.54) is 12.8 Å². The monoisotopic (exact) mass is 431 g/mol. The van der Waals surface area contributed by atoms with Crippen molar-refractivity contribution in [2.24, 2.45) is 11.8 Å². The van der Waals surface area contributed by atoms with Crippen molar-refractivity contribution >= 4 is 32.9 Å². The van der Waals surface area contributed by atoms with Crippen LogP contribution in [0, 0.1) is 23.2 Å². The van der Waals surface area contributed by atoms with Crippen LogP contribution in [0.15, 0.2) is 16.6 Å². The van der Waals surface area contributed by atoms with Crippen molar-refractivity contribution < 1.29 is 9.53 Å². The van der Waals surface area contributed by atoms with Crippen LogP contribution in [0.2, 0.25) is 0 Å². The molecule has 1 aliphatic heterocycles. The number of hydrogen-bond donors (Lipinski definition) is 0. The number of fused-ring (bicyclic) bond motifs is 1. The van der Waals surface area contributed by atoms with E-state index in [2.05, 4.69) is 26.2 Å². The van der Waals surface area contributed by atoms with Gasteiger partial charge in [-0.15, -0.1) is 5.10 Å². The van der Waals surface area contributed by atoms with Gasteiger partial charge in [0.2, 0.25) is 5.91 Å². The van der Waals surface area contributed by atoms with E-state index in [1.807, 2.05) is 22.9 Å². The molecule has 27 heavy (non-hydrogen) atoms. The molecule has 1 aromatic carbocycles. The van der Waals surface area contributed by atoms with Gasteiger partial charge in [-0.05, 0) is 65.6 Å². The van der Waals surface area contributed by atoms with E-state index >= 15 is 0 Å². The van der Waals surface area contributed by atoms with Gasteiger partial charge in [-0.25, -0.2) is 4.68 Å². The number of likely N-dealkylation sites (tertiary alicyclic amines) is 1. The Hall–Kier alpha value is -2.14. The number of nitriles is 1. The number of carbonyl (C=O) groups is 1. The quantitative estimate of drug-likeness (QED) is 0.701. The summed E-state index contributed by atoms with van der Waals surface area (Å²) in [5.41, 5.74) is 1.87. The van der Waals surface area contributed by atoms with Crippen molar-refractivity contribution in [3.8, 4) is 11.8 Å². The van der Waals surface area contributed by atoms with Gasteiger partial charge in [0.1, 0.15) is 17.7 Å². The minimum atomic E-state index is -0.0700. The number of nitrogens with zero attached hydrogens (tertiary/aromatic N) is 5. The molecule has 7 nitrogen and oxygen atoms in total. The molecular weight excluding hydrogens is 410 g/mol. The predicted molar refractivity (Wildman–Crippen MR) is 103 cm³/mol. The Morgan fingerprint density at radius 1 is 1.26 bits per heavy atom. The van der Waals surface area contributed by atoms with Crippen LogP contribution in [0.1, 0.15) is 32.1 Å². The molecule has 2 aliphatic rings. The molecule has 0 atom stereocenters. The highest BCUT2D eigenvalue weighted by atomic mass is 79.9. The third-order valence-corrected chi connectivity index (χ3v) is 6.16. The zero-order chi connectivity index (χ0) is 18.8. The Kier molecular flexibility index (Phi) is 5.30. The first-order valence-electron chi connectivity index (χ1n) is 9.45. The number of halogens is 1. The van der Waals surface area contributed by atoms with Crippen molar-refractivity contribution in [1.82, 2.24) is 19.9 Å². The van der Waals surface area contributed by atoms with Crippen molar-refractivity contribution in [2.45, 2.75) is 38.6 Å². The number of ether oxygens (including phenoxy) is 1. The van der Waals surface area contributed by atoms with Crippen molar-refractivity contribution in [2.75, 3.05) is 19.7 Å². The molecule has 142 valence electrons. The fourth-order valence-electron chi connectivity index (χ4n) is 3.51. The Morgan fingerprint density at radius 3 is 2.74 bits per heavy atom. The summed E-state index contributed by atoms with van der Waals surface area (Å²) in [6.07, 6.45) is 4.33. The summed E-state index contributed by atoms with van der Waals surface area (Å²) in [7, 11) is 0. The smallest absolute Gasteiger partial charge is 0.236 e. The number of rotatable bonds is 6. The molecule has 1 aliphatic carbocycles. The summed E-state index contributed by atoms with van der Waals surface area (Å²) in [5, 5.41) is 17.3. The largest absolute Gasteiger partial charge is 0.492 e. The normalized spacial score (nSPS) is 17.9. The second kappa shape index (κ2) is 7.85. The molecule has 0 N–H and O–H groups in total. The maximum Gasteiger partial charge on any atom is 0.236 e. The van der Waals surface area contributed by atoms with E-state index in [0.29, 0.717) is 25.6 Å². The maximum absolute atomic E-state index is 11.8. The Bertz CT molecular complexity index is 878. The number of piperidine rings is 1. The molecule has 0 spiro atoms. The van der Waals surface area contributed by atoms with Gasteiger partial charge in [-0.1, -0.05) is 5.21 Å². The van der Waals surface area contributed by atoms with Gasteiger partial charge in [-0.3, -0.25) is 4.79 Å². The van der Waals surface area contributed by atoms with Crippen molar-refractivity contribution in [3.05, 3.63) is 16.6 Å². The molecule has 0 radical (unpaired) electrons. The molecule has 1 saturated carbocycles. The van der Waals surface area contributed by atoms with Crippen LogP contribution in [-0.4, -0.2) is 45.5 Å². The number of hydrogen-bond acceptors (Lipinski definition) is 5. The lowest BCUT2D eigenvalue weighted by Gasteiger charge is -2.31. The van der Waals surface area contributed by atoms with E-state index in [0.717, 1.165) is 46.6 Å². The number of amides is 1. The molecule has 2 fully saturated rings. The first-order chi connectivity index (χ1) is 13.2. The topological polar surface area (TPSA) is 84.0 Å². The first-order valence-corrected chi connectivity index (χ1v) is 10.2. The third-order valence-electron chi connectivity index (χ3n) is 5.39. The molecular formula is C19H22BrN5O2. The van der Waals surface area contributed by atoms with E-state index in [9.17, 15) is 4.79 Å². The van der Waals surface area contributed by atoms with Crippen molar-refractivity contribution in [1.29, 1.82) is 5.26 Å². The van der Waals surface area contributed by atoms with E-state index in [1.54, 1.807) is 4.90 Å². The van der Waals surface area contributed by atoms with Crippen LogP contribution in [0.5, 0.6) is 5.75 Å². The molecule has 2 aromatic rings. The van der Waals surface area contributed by atoms with Gasteiger partial charge in [0.15, 0.2) is 0 Å². The van der Waals surface area contributed by atoms with E-state index in [-0.39, 0.29) is 12.3 Å². The van der Waals surface area contributed by atoms with Gasteiger partial charge >= 0.3 is 0 Å². The Labute approximate surface area is 166 Å². The second-order valence-corrected chi connectivity index (χ2v) is 8.22. The van der Waals surface area contributed by atoms with Gasteiger partial charge in [0.05, 0.1) is 22.7 Å². The molecule has 0 unspecified atom stereocenters. The minimum absolute atomic E-state index is 0.0322. The van der Waals surface area contributed by atoms with Gasteiger partial charge < -0.3 is 9.64 Å². The van der Waals surface area contributed by atoms with Crippen LogP contribution in [-0.2, 0) is 11.3 Å². The Balaban J connectivity index is 1.35. The molecule has 8 heteroatoms. The number of aromatic nitrogens is 3. The molecule has 4 rings (SSSR count). The standard InChI is InChI=1S/C19H22BrN5O2/c20-18-16(4-3-15-19(18)22-23-25(15)11-13-1-2-13)27-12-14-6-9-24(10-7-14)17(26)5-8-21/h3-4,13-14H,1-2,5-7,9-12H2. The molecule has 1 amide bonds. The van der Waals surface area contributed by atoms with Crippen LogP contribution >= 0.6 is 15.9 Å². The van der Waals surface area contributed by atoms with Crippen LogP contribution < -0.4 is 4.74 Å². The first kappa shape index (κ1) is 18.2. The summed E-state index contributed by atoms with van der Waals surface area (Å²) in [6, 6.07) is 5.93. The van der Waals surface area contributed by atoms with E-state index in [4.69, 9.17) is 10.00 Å². The summed E-state index contributed by atoms with van der Waals surface area (Å²) in [4.78, 5) is 13.6. The van der Waals surface area contributed by atoms with E-state index < -0.39 is 0 Å². The summed E-state index contributed by atoms with van der Waals surface area (Å²) in [5.74, 6) is 1.86. The minimum Gasteiger partial charge on any atom is -0.492 e. The van der Waals surface area contributed by atoms with Crippen LogP contribution in [0.3, 0.4) is 0 Å². The highest BCUT2D eigenvalue weighted by Gasteiger charge is 2.25. The maximum atomic E-state index is 11.8. The SMILES string of the molecule is N#CCC(=O)N1CCC(COc2ccc3c(nnn3CC3CC3)c2Br)CC1. The second-order valence-electron chi connectivity index (χ2n) is 7.43. The van der Waals surface area contributed by atoms with Gasteiger partial charge in [-0.2, -0.15) is 5.26 Å². The summed E-state index contributed by atoms with van der Waals surface area (Å²) >= 11 is 3.62. The molecule has 0 bridgehead atoms. The van der Waals surface area contributed by atoms with Gasteiger partial charge in [0.25, 0.3) is 0 Å². The average Bonchev–Trinajstić information content (AvgIpc) is 3.40. The average molecular weight is 432 g/mol. The highest BCUT2D eigenvalue weighted by molar-refractivity contribution is 9.10.